The molecule has 0 spiro atoms. The van der Waals surface area contributed by atoms with Crippen LogP contribution in [0.1, 0.15) is 12.5 Å². The topological polar surface area (TPSA) is 36.3 Å². The molecule has 0 aliphatic carbocycles. The number of likely N-dealkylation sites (N-methyl/N-ethyl adjacent to an activating group) is 1. The molecule has 0 N–H and O–H groups in total. The van der Waals surface area contributed by atoms with Gasteiger partial charge in [-0.05, 0) is 32.4 Å². The molecule has 0 saturated heterocycles. The number of thioether (sulfide) groups is 1. The van der Waals surface area contributed by atoms with Crippen molar-refractivity contribution in [3.8, 4) is 11.8 Å². The molecule has 1 aromatic rings. The Morgan fingerprint density at radius 3 is 2.83 bits per heavy atom. The van der Waals surface area contributed by atoms with Crippen LogP contribution in [-0.4, -0.2) is 43.1 Å². The second kappa shape index (κ2) is 8.02. The summed E-state index contributed by atoms with van der Waals surface area (Å²) in [6.45, 7) is 3.68. The zero-order chi connectivity index (χ0) is 13.4. The summed E-state index contributed by atoms with van der Waals surface area (Å²) < 4.78 is 5.66. The Bertz CT molecular complexity index is 403. The molecular weight excluding hydrogens is 244 g/mol. The molecule has 0 aliphatic heterocycles. The molecule has 0 bridgehead atoms. The van der Waals surface area contributed by atoms with E-state index >= 15 is 0 Å². The lowest BCUT2D eigenvalue weighted by Gasteiger charge is -2.23. The molecule has 0 amide bonds. The number of rotatable bonds is 7. The first-order chi connectivity index (χ1) is 8.69. The highest BCUT2D eigenvalue weighted by molar-refractivity contribution is 7.98. The first-order valence-electron chi connectivity index (χ1n) is 6.00. The van der Waals surface area contributed by atoms with Gasteiger partial charge >= 0.3 is 0 Å². The summed E-state index contributed by atoms with van der Waals surface area (Å²) in [5.41, 5.74) is 0.595. The molecule has 0 aliphatic rings. The molecule has 1 rings (SSSR count). The van der Waals surface area contributed by atoms with Gasteiger partial charge in [0.25, 0.3) is 0 Å². The number of nitrogens with zero attached hydrogens (tertiary/aromatic N) is 2. The van der Waals surface area contributed by atoms with Crippen LogP contribution in [0, 0.1) is 11.3 Å². The van der Waals surface area contributed by atoms with Crippen molar-refractivity contribution >= 4 is 11.8 Å². The van der Waals surface area contributed by atoms with Crippen LogP contribution >= 0.6 is 11.8 Å². The normalized spacial score (nSPS) is 12.2. The summed E-state index contributed by atoms with van der Waals surface area (Å²) in [5, 5.41) is 8.94. The van der Waals surface area contributed by atoms with Crippen molar-refractivity contribution in [1.29, 1.82) is 5.26 Å². The number of ether oxygens (including phenoxy) is 1. The fourth-order valence-corrected chi connectivity index (χ4v) is 2.31. The quantitative estimate of drug-likeness (QED) is 0.758. The minimum Gasteiger partial charge on any atom is -0.491 e. The molecule has 0 radical (unpaired) electrons. The number of hydrogen-bond donors (Lipinski definition) is 0. The Balaban J connectivity index is 2.40. The minimum atomic E-state index is 0.537. The number of benzene rings is 1. The molecule has 98 valence electrons. The highest BCUT2D eigenvalue weighted by Gasteiger charge is 2.08. The van der Waals surface area contributed by atoms with Crippen molar-refractivity contribution in [3.63, 3.8) is 0 Å². The van der Waals surface area contributed by atoms with Crippen LogP contribution in [0.15, 0.2) is 24.3 Å². The predicted molar refractivity (Wildman–Crippen MR) is 77.1 cm³/mol. The van der Waals surface area contributed by atoms with Gasteiger partial charge in [-0.15, -0.1) is 0 Å². The molecule has 1 aromatic carbocycles. The number of hydrogen-bond acceptors (Lipinski definition) is 4. The molecule has 1 unspecified atom stereocenters. The molecule has 18 heavy (non-hydrogen) atoms. The average molecular weight is 264 g/mol. The van der Waals surface area contributed by atoms with Gasteiger partial charge in [0.2, 0.25) is 0 Å². The van der Waals surface area contributed by atoms with Gasteiger partial charge in [-0.1, -0.05) is 12.1 Å². The van der Waals surface area contributed by atoms with Gasteiger partial charge in [0.05, 0.1) is 5.56 Å². The lowest BCUT2D eigenvalue weighted by molar-refractivity contribution is 0.210. The number of para-hydroxylation sites is 1. The van der Waals surface area contributed by atoms with E-state index in [0.717, 1.165) is 12.3 Å². The summed E-state index contributed by atoms with van der Waals surface area (Å²) in [6, 6.07) is 10.0. The molecule has 0 saturated carbocycles. The van der Waals surface area contributed by atoms with E-state index in [1.54, 1.807) is 6.07 Å². The second-order valence-electron chi connectivity index (χ2n) is 4.24. The molecule has 1 atom stereocenters. The first-order valence-corrected chi connectivity index (χ1v) is 7.39. The van der Waals surface area contributed by atoms with Crippen LogP contribution < -0.4 is 4.74 Å². The molecule has 0 fully saturated rings. The zero-order valence-corrected chi connectivity index (χ0v) is 12.0. The van der Waals surface area contributed by atoms with Crippen molar-refractivity contribution in [2.45, 2.75) is 13.0 Å². The Labute approximate surface area is 114 Å². The smallest absolute Gasteiger partial charge is 0.137 e. The summed E-state index contributed by atoms with van der Waals surface area (Å²) in [6.07, 6.45) is 2.12. The van der Waals surface area contributed by atoms with Crippen LogP contribution in [-0.2, 0) is 0 Å². The van der Waals surface area contributed by atoms with Gasteiger partial charge < -0.3 is 4.74 Å². The first kappa shape index (κ1) is 14.9. The van der Waals surface area contributed by atoms with E-state index in [9.17, 15) is 0 Å². The highest BCUT2D eigenvalue weighted by atomic mass is 32.2. The van der Waals surface area contributed by atoms with Gasteiger partial charge in [0, 0.05) is 18.3 Å². The van der Waals surface area contributed by atoms with Crippen LogP contribution in [0.3, 0.4) is 0 Å². The van der Waals surface area contributed by atoms with Gasteiger partial charge in [-0.3, -0.25) is 4.90 Å². The summed E-state index contributed by atoms with van der Waals surface area (Å²) in [7, 11) is 2.10. The van der Waals surface area contributed by atoms with Crippen LogP contribution in [0.2, 0.25) is 0 Å². The maximum absolute atomic E-state index is 8.94. The van der Waals surface area contributed by atoms with Crippen molar-refractivity contribution in [2.24, 2.45) is 0 Å². The lowest BCUT2D eigenvalue weighted by atomic mass is 10.2. The maximum Gasteiger partial charge on any atom is 0.137 e. The summed E-state index contributed by atoms with van der Waals surface area (Å²) >= 11 is 1.85. The van der Waals surface area contributed by atoms with Crippen molar-refractivity contribution in [3.05, 3.63) is 29.8 Å². The fourth-order valence-electron chi connectivity index (χ4n) is 1.57. The van der Waals surface area contributed by atoms with E-state index in [1.807, 2.05) is 30.0 Å². The van der Waals surface area contributed by atoms with Crippen molar-refractivity contribution in [2.75, 3.05) is 32.2 Å². The highest BCUT2D eigenvalue weighted by Crippen LogP contribution is 2.16. The summed E-state index contributed by atoms with van der Waals surface area (Å²) in [5.74, 6) is 1.79. The molecule has 4 heteroatoms. The predicted octanol–water partition coefficient (Wildman–Crippen LogP) is 2.62. The molecule has 3 nitrogen and oxygen atoms in total. The third-order valence-electron chi connectivity index (χ3n) is 2.87. The molecule has 0 aromatic heterocycles. The van der Waals surface area contributed by atoms with Gasteiger partial charge in [-0.25, -0.2) is 0 Å². The average Bonchev–Trinajstić information content (AvgIpc) is 2.39. The Kier molecular flexibility index (Phi) is 6.63. The second-order valence-corrected chi connectivity index (χ2v) is 5.15. The summed E-state index contributed by atoms with van der Waals surface area (Å²) in [4.78, 5) is 2.27. The largest absolute Gasteiger partial charge is 0.491 e. The maximum atomic E-state index is 8.94. The van der Waals surface area contributed by atoms with Gasteiger partial charge in [0.15, 0.2) is 0 Å². The fraction of sp³-hybridized carbons (Fsp3) is 0.500. The van der Waals surface area contributed by atoms with Crippen LogP contribution in [0.5, 0.6) is 5.75 Å². The third-order valence-corrected chi connectivity index (χ3v) is 3.69. The van der Waals surface area contributed by atoms with Crippen LogP contribution in [0.25, 0.3) is 0 Å². The van der Waals surface area contributed by atoms with E-state index in [1.165, 1.54) is 0 Å². The zero-order valence-electron chi connectivity index (χ0n) is 11.2. The van der Waals surface area contributed by atoms with Crippen molar-refractivity contribution < 1.29 is 4.74 Å². The van der Waals surface area contributed by atoms with Crippen molar-refractivity contribution in [1.82, 2.24) is 4.90 Å². The Morgan fingerprint density at radius 2 is 2.17 bits per heavy atom. The number of nitriles is 1. The lowest BCUT2D eigenvalue weighted by Crippen LogP contribution is -2.34. The molecule has 0 heterocycles. The van der Waals surface area contributed by atoms with E-state index in [0.29, 0.717) is 24.0 Å². The van der Waals surface area contributed by atoms with Crippen LogP contribution in [0.4, 0.5) is 0 Å². The van der Waals surface area contributed by atoms with E-state index in [-0.39, 0.29) is 0 Å². The third kappa shape index (κ3) is 4.59. The molecular formula is C14H20N2OS. The Morgan fingerprint density at radius 1 is 1.44 bits per heavy atom. The van der Waals surface area contributed by atoms with E-state index in [2.05, 4.69) is 31.2 Å². The SMILES string of the molecule is CSCC(C)N(C)CCOc1ccccc1C#N. The van der Waals surface area contributed by atoms with E-state index in [4.69, 9.17) is 10.00 Å². The minimum absolute atomic E-state index is 0.537. The van der Waals surface area contributed by atoms with Gasteiger partial charge in [0.1, 0.15) is 18.4 Å². The monoisotopic (exact) mass is 264 g/mol. The standard InChI is InChI=1S/C14H20N2OS/c1-12(11-18-3)16(2)8-9-17-14-7-5-4-6-13(14)10-15/h4-7,12H,8-9,11H2,1-3H3. The Hall–Kier alpha value is -1.18. The van der Waals surface area contributed by atoms with E-state index < -0.39 is 0 Å². The van der Waals surface area contributed by atoms with Gasteiger partial charge in [-0.2, -0.15) is 17.0 Å².